The normalized spacial score (nSPS) is 16.9. The van der Waals surface area contributed by atoms with Gasteiger partial charge in [0.2, 0.25) is 5.91 Å². The zero-order chi connectivity index (χ0) is 19.1. The Morgan fingerprint density at radius 1 is 1.04 bits per heavy atom. The van der Waals surface area contributed by atoms with E-state index in [-0.39, 0.29) is 17.6 Å². The fraction of sp³-hybridized carbons (Fsp3) is 0.476. The molecule has 3 rings (SSSR count). The number of hydrogen-bond acceptors (Lipinski definition) is 4. The van der Waals surface area contributed by atoms with Crippen LogP contribution in [0, 0.1) is 0 Å². The molecular formula is C21H27N3O3. The molecule has 1 aromatic carbocycles. The van der Waals surface area contributed by atoms with Gasteiger partial charge in [-0.2, -0.15) is 0 Å². The number of rotatable bonds is 5. The van der Waals surface area contributed by atoms with E-state index in [1.165, 1.54) is 19.3 Å². The first-order valence-electron chi connectivity index (χ1n) is 9.75. The number of aromatic nitrogens is 1. The van der Waals surface area contributed by atoms with Crippen molar-refractivity contribution < 1.29 is 14.7 Å². The molecule has 2 amide bonds. The van der Waals surface area contributed by atoms with Gasteiger partial charge in [-0.3, -0.25) is 9.59 Å². The number of pyridine rings is 1. The molecular weight excluding hydrogens is 342 g/mol. The van der Waals surface area contributed by atoms with E-state index in [4.69, 9.17) is 0 Å². The van der Waals surface area contributed by atoms with Crippen LogP contribution in [0.5, 0.6) is 0 Å². The number of nitrogens with zero attached hydrogens (tertiary/aromatic N) is 1. The van der Waals surface area contributed by atoms with E-state index in [0.29, 0.717) is 5.52 Å². The number of benzene rings is 1. The summed E-state index contributed by atoms with van der Waals surface area (Å²) in [5.74, 6) is -0.801. The number of amides is 2. The van der Waals surface area contributed by atoms with E-state index in [0.717, 1.165) is 31.1 Å². The smallest absolute Gasteiger partial charge is 0.270 e. The average molecular weight is 369 g/mol. The van der Waals surface area contributed by atoms with Gasteiger partial charge >= 0.3 is 0 Å². The maximum absolute atomic E-state index is 12.5. The van der Waals surface area contributed by atoms with Crippen LogP contribution in [-0.2, 0) is 4.79 Å². The Bertz CT molecular complexity index is 785. The predicted octanol–water partition coefficient (Wildman–Crippen LogP) is 2.55. The van der Waals surface area contributed by atoms with Crippen molar-refractivity contribution in [2.45, 2.75) is 57.0 Å². The molecule has 1 unspecified atom stereocenters. The van der Waals surface area contributed by atoms with Crippen LogP contribution in [0.4, 0.5) is 0 Å². The third-order valence-electron chi connectivity index (χ3n) is 5.09. The number of hydrogen-bond donors (Lipinski definition) is 3. The summed E-state index contributed by atoms with van der Waals surface area (Å²) in [5.41, 5.74) is 0.940. The van der Waals surface area contributed by atoms with Gasteiger partial charge in [-0.05, 0) is 25.0 Å². The maximum Gasteiger partial charge on any atom is 0.270 e. The summed E-state index contributed by atoms with van der Waals surface area (Å²) in [6.45, 7) is -0.447. The van der Waals surface area contributed by atoms with E-state index in [2.05, 4.69) is 15.6 Å². The Kier molecular flexibility index (Phi) is 6.76. The largest absolute Gasteiger partial charge is 0.394 e. The van der Waals surface area contributed by atoms with E-state index in [1.807, 2.05) is 30.3 Å². The highest BCUT2D eigenvalue weighted by Gasteiger charge is 2.24. The van der Waals surface area contributed by atoms with E-state index in [1.54, 1.807) is 6.07 Å². The summed E-state index contributed by atoms with van der Waals surface area (Å²) >= 11 is 0. The molecule has 6 heteroatoms. The molecule has 1 fully saturated rings. The van der Waals surface area contributed by atoms with Gasteiger partial charge in [0.05, 0.1) is 12.1 Å². The van der Waals surface area contributed by atoms with Crippen LogP contribution in [0.1, 0.15) is 55.4 Å². The number of carbonyl (C=O) groups excluding carboxylic acids is 2. The molecule has 0 radical (unpaired) electrons. The molecule has 1 aliphatic rings. The minimum absolute atomic E-state index is 0.113. The second-order valence-electron chi connectivity index (χ2n) is 7.15. The highest BCUT2D eigenvalue weighted by molar-refractivity contribution is 5.97. The lowest BCUT2D eigenvalue weighted by atomic mass is 9.96. The lowest BCUT2D eigenvalue weighted by Crippen LogP contribution is -2.51. The van der Waals surface area contributed by atoms with Crippen molar-refractivity contribution in [2.75, 3.05) is 6.61 Å². The molecule has 1 aliphatic carbocycles. The van der Waals surface area contributed by atoms with Crippen LogP contribution in [0.15, 0.2) is 36.4 Å². The zero-order valence-corrected chi connectivity index (χ0v) is 15.5. The molecule has 0 aliphatic heterocycles. The lowest BCUT2D eigenvalue weighted by molar-refractivity contribution is -0.124. The van der Waals surface area contributed by atoms with Crippen molar-refractivity contribution in [3.05, 3.63) is 42.1 Å². The first kappa shape index (κ1) is 19.3. The predicted molar refractivity (Wildman–Crippen MR) is 104 cm³/mol. The van der Waals surface area contributed by atoms with Gasteiger partial charge in [0.1, 0.15) is 11.7 Å². The molecule has 27 heavy (non-hydrogen) atoms. The van der Waals surface area contributed by atoms with Crippen molar-refractivity contribution in [3.63, 3.8) is 0 Å². The number of para-hydroxylation sites is 1. The molecule has 1 atom stereocenters. The Morgan fingerprint density at radius 3 is 2.48 bits per heavy atom. The summed E-state index contributed by atoms with van der Waals surface area (Å²) < 4.78 is 0. The molecule has 6 nitrogen and oxygen atoms in total. The van der Waals surface area contributed by atoms with Crippen molar-refractivity contribution in [3.8, 4) is 0 Å². The Hall–Kier alpha value is -2.47. The lowest BCUT2D eigenvalue weighted by Gasteiger charge is -2.24. The number of nitrogens with one attached hydrogen (secondary N) is 2. The average Bonchev–Trinajstić information content (AvgIpc) is 2.67. The van der Waals surface area contributed by atoms with Crippen molar-refractivity contribution >= 4 is 22.7 Å². The number of aliphatic hydroxyl groups is 1. The quantitative estimate of drug-likeness (QED) is 0.755. The second kappa shape index (κ2) is 9.46. The van der Waals surface area contributed by atoms with E-state index >= 15 is 0 Å². The van der Waals surface area contributed by atoms with Crippen LogP contribution < -0.4 is 10.6 Å². The third-order valence-corrected chi connectivity index (χ3v) is 5.09. The van der Waals surface area contributed by atoms with Gasteiger partial charge in [0.15, 0.2) is 0 Å². The summed E-state index contributed by atoms with van der Waals surface area (Å²) in [6.07, 6.45) is 7.74. The second-order valence-corrected chi connectivity index (χ2v) is 7.15. The standard InChI is InChI=1S/C21H27N3O3/c25-14-19(21(27)22-16-9-4-2-1-3-5-10-16)24-20(26)18-13-12-15-8-6-7-11-17(15)23-18/h6-8,11-13,16,19,25H,1-5,9-10,14H2,(H,22,27)(H,24,26). The summed E-state index contributed by atoms with van der Waals surface area (Å²) in [7, 11) is 0. The fourth-order valence-electron chi connectivity index (χ4n) is 3.52. The van der Waals surface area contributed by atoms with Crippen LogP contribution in [-0.4, -0.2) is 40.6 Å². The number of fused-ring (bicyclic) bond motifs is 1. The molecule has 0 bridgehead atoms. The van der Waals surface area contributed by atoms with Crippen molar-refractivity contribution in [1.29, 1.82) is 0 Å². The Morgan fingerprint density at radius 2 is 1.74 bits per heavy atom. The molecule has 1 saturated carbocycles. The third kappa shape index (κ3) is 5.26. The van der Waals surface area contributed by atoms with Gasteiger partial charge in [-0.15, -0.1) is 0 Å². The van der Waals surface area contributed by atoms with E-state index in [9.17, 15) is 14.7 Å². The van der Waals surface area contributed by atoms with Gasteiger partial charge in [0, 0.05) is 11.4 Å². The highest BCUT2D eigenvalue weighted by atomic mass is 16.3. The summed E-state index contributed by atoms with van der Waals surface area (Å²) in [4.78, 5) is 29.3. The van der Waals surface area contributed by atoms with E-state index < -0.39 is 18.6 Å². The fourth-order valence-corrected chi connectivity index (χ4v) is 3.52. The minimum atomic E-state index is -0.976. The molecule has 0 spiro atoms. The Labute approximate surface area is 159 Å². The monoisotopic (exact) mass is 369 g/mol. The van der Waals surface area contributed by atoms with Crippen molar-refractivity contribution in [2.24, 2.45) is 0 Å². The maximum atomic E-state index is 12.5. The van der Waals surface area contributed by atoms with Gasteiger partial charge in [-0.25, -0.2) is 4.98 Å². The van der Waals surface area contributed by atoms with Crippen LogP contribution in [0.2, 0.25) is 0 Å². The van der Waals surface area contributed by atoms with Crippen LogP contribution in [0.25, 0.3) is 10.9 Å². The molecule has 144 valence electrons. The van der Waals surface area contributed by atoms with Crippen molar-refractivity contribution in [1.82, 2.24) is 15.6 Å². The van der Waals surface area contributed by atoms with Crippen LogP contribution in [0.3, 0.4) is 0 Å². The molecule has 1 heterocycles. The minimum Gasteiger partial charge on any atom is -0.394 e. The number of aliphatic hydroxyl groups excluding tert-OH is 1. The SMILES string of the molecule is O=C(NC(CO)C(=O)NC1CCCCCCC1)c1ccc2ccccc2n1. The highest BCUT2D eigenvalue weighted by Crippen LogP contribution is 2.17. The topological polar surface area (TPSA) is 91.3 Å². The molecule has 1 aromatic heterocycles. The van der Waals surface area contributed by atoms with Gasteiger partial charge in [-0.1, -0.05) is 56.4 Å². The summed E-state index contributed by atoms with van der Waals surface area (Å²) in [6, 6.07) is 10.1. The molecule has 0 saturated heterocycles. The van der Waals surface area contributed by atoms with Crippen LogP contribution >= 0.6 is 0 Å². The Balaban J connectivity index is 1.62. The summed E-state index contributed by atoms with van der Waals surface area (Å²) in [5, 5.41) is 16.1. The first-order valence-corrected chi connectivity index (χ1v) is 9.75. The zero-order valence-electron chi connectivity index (χ0n) is 15.5. The number of carbonyl (C=O) groups is 2. The molecule has 3 N–H and O–H groups in total. The van der Waals surface area contributed by atoms with Gasteiger partial charge in [0.25, 0.3) is 5.91 Å². The first-order chi connectivity index (χ1) is 13.2. The molecule has 2 aromatic rings. The van der Waals surface area contributed by atoms with Gasteiger partial charge < -0.3 is 15.7 Å².